The Morgan fingerprint density at radius 1 is 1.09 bits per heavy atom. The average Bonchev–Trinajstić information content (AvgIpc) is 3.25. The summed E-state index contributed by atoms with van der Waals surface area (Å²) in [6.45, 7) is 3.36. The van der Waals surface area contributed by atoms with Crippen LogP contribution >= 0.6 is 23.2 Å². The molecule has 0 atom stereocenters. The van der Waals surface area contributed by atoms with Gasteiger partial charge in [0.1, 0.15) is 5.82 Å². The smallest absolute Gasteiger partial charge is 0.281 e. The van der Waals surface area contributed by atoms with Gasteiger partial charge in [0.25, 0.3) is 11.5 Å². The molecule has 4 aromatic rings. The van der Waals surface area contributed by atoms with Gasteiger partial charge in [-0.3, -0.25) is 9.59 Å². The fraction of sp³-hybridized carbons (Fsp3) is 0.292. The second-order valence-corrected chi connectivity index (χ2v) is 9.27. The number of carbonyl (C=O) groups is 1. The third-order valence-corrected chi connectivity index (χ3v) is 7.01. The van der Waals surface area contributed by atoms with E-state index < -0.39 is 0 Å². The first-order valence-corrected chi connectivity index (χ1v) is 11.8. The number of aryl methyl sites for hydroxylation is 1. The molecule has 34 heavy (non-hydrogen) atoms. The molecule has 10 heteroatoms. The van der Waals surface area contributed by atoms with Crippen LogP contribution in [-0.4, -0.2) is 48.9 Å². The van der Waals surface area contributed by atoms with Gasteiger partial charge in [0.15, 0.2) is 11.2 Å². The van der Waals surface area contributed by atoms with E-state index in [1.54, 1.807) is 18.2 Å². The van der Waals surface area contributed by atoms with Crippen molar-refractivity contribution in [2.24, 2.45) is 0 Å². The van der Waals surface area contributed by atoms with E-state index in [4.69, 9.17) is 28.2 Å². The average molecular weight is 497 g/mol. The van der Waals surface area contributed by atoms with Crippen LogP contribution in [0, 0.1) is 6.92 Å². The molecule has 0 spiro atoms. The second kappa shape index (κ2) is 9.19. The number of piperidine rings is 1. The van der Waals surface area contributed by atoms with Gasteiger partial charge in [0.2, 0.25) is 0 Å². The summed E-state index contributed by atoms with van der Waals surface area (Å²) in [5, 5.41) is 9.13. The van der Waals surface area contributed by atoms with Crippen molar-refractivity contribution in [2.45, 2.75) is 32.2 Å². The largest absolute Gasteiger partial charge is 0.339 e. The van der Waals surface area contributed by atoms with E-state index in [0.717, 1.165) is 11.1 Å². The molecule has 3 heterocycles. The zero-order valence-electron chi connectivity index (χ0n) is 18.5. The van der Waals surface area contributed by atoms with E-state index in [-0.39, 0.29) is 29.4 Å². The topological polar surface area (TPSA) is 96.8 Å². The summed E-state index contributed by atoms with van der Waals surface area (Å²) in [5.74, 6) is 0.631. The maximum absolute atomic E-state index is 12.9. The van der Waals surface area contributed by atoms with Crippen LogP contribution in [0.3, 0.4) is 0 Å². The molecular formula is C24H22Cl2N6O2. The summed E-state index contributed by atoms with van der Waals surface area (Å²) in [7, 11) is 0. The number of halogens is 2. The van der Waals surface area contributed by atoms with Crippen molar-refractivity contribution >= 4 is 40.3 Å². The Kier molecular flexibility index (Phi) is 6.10. The van der Waals surface area contributed by atoms with Crippen LogP contribution in [-0.2, 0) is 6.54 Å². The minimum absolute atomic E-state index is 0.0188. The van der Waals surface area contributed by atoms with Crippen LogP contribution in [0.1, 0.15) is 46.1 Å². The Morgan fingerprint density at radius 2 is 1.79 bits per heavy atom. The number of aromatic amines is 1. The predicted octanol–water partition coefficient (Wildman–Crippen LogP) is 4.20. The first-order chi connectivity index (χ1) is 16.4. The van der Waals surface area contributed by atoms with Gasteiger partial charge in [-0.05, 0) is 43.5 Å². The monoisotopic (exact) mass is 496 g/mol. The number of H-pyrrole nitrogens is 1. The van der Waals surface area contributed by atoms with Crippen LogP contribution in [0.2, 0.25) is 10.0 Å². The molecule has 1 N–H and O–H groups in total. The Bertz CT molecular complexity index is 1420. The first kappa shape index (κ1) is 22.6. The Balaban J connectivity index is 1.38. The standard InChI is InChI=1S/C24H22Cl2N6O2/c1-14-5-2-3-6-16(14)24(34)31-11-9-15(10-12-31)21-27-22-20(23(33)28-21)29-30-32(22)13-17-18(25)7-4-8-19(17)26/h2-8,15H,9-13H2,1H3,(H,27,28,33). The zero-order chi connectivity index (χ0) is 23.8. The number of likely N-dealkylation sites (tertiary alicyclic amines) is 1. The zero-order valence-corrected chi connectivity index (χ0v) is 20.0. The molecular weight excluding hydrogens is 475 g/mol. The lowest BCUT2D eigenvalue weighted by Gasteiger charge is -2.31. The SMILES string of the molecule is Cc1ccccc1C(=O)N1CCC(c2nc3c(nnn3Cc3c(Cl)cccc3Cl)c(=O)[nH]2)CC1. The number of amides is 1. The molecule has 0 bridgehead atoms. The molecule has 1 fully saturated rings. The van der Waals surface area contributed by atoms with Crippen molar-refractivity contribution in [3.63, 3.8) is 0 Å². The minimum Gasteiger partial charge on any atom is -0.339 e. The molecule has 2 aromatic carbocycles. The van der Waals surface area contributed by atoms with E-state index in [2.05, 4.69) is 15.3 Å². The number of nitrogens with one attached hydrogen (secondary N) is 1. The lowest BCUT2D eigenvalue weighted by molar-refractivity contribution is 0.0710. The number of benzene rings is 2. The molecule has 1 aliphatic heterocycles. The van der Waals surface area contributed by atoms with Crippen molar-refractivity contribution in [3.8, 4) is 0 Å². The van der Waals surface area contributed by atoms with Gasteiger partial charge in [0.05, 0.1) is 6.54 Å². The second-order valence-electron chi connectivity index (χ2n) is 8.45. The van der Waals surface area contributed by atoms with Crippen LogP contribution in [0.25, 0.3) is 11.2 Å². The van der Waals surface area contributed by atoms with Crippen molar-refractivity contribution < 1.29 is 4.79 Å². The summed E-state index contributed by atoms with van der Waals surface area (Å²) in [4.78, 5) is 35.1. The third-order valence-electron chi connectivity index (χ3n) is 6.31. The van der Waals surface area contributed by atoms with Gasteiger partial charge in [-0.25, -0.2) is 9.67 Å². The number of hydrogen-bond acceptors (Lipinski definition) is 5. The maximum Gasteiger partial charge on any atom is 0.281 e. The minimum atomic E-state index is -0.338. The van der Waals surface area contributed by atoms with Crippen LogP contribution < -0.4 is 5.56 Å². The summed E-state index contributed by atoms with van der Waals surface area (Å²) >= 11 is 12.6. The van der Waals surface area contributed by atoms with E-state index in [0.29, 0.717) is 53.0 Å². The van der Waals surface area contributed by atoms with Crippen LogP contribution in [0.15, 0.2) is 47.3 Å². The van der Waals surface area contributed by atoms with E-state index in [1.807, 2.05) is 36.1 Å². The highest BCUT2D eigenvalue weighted by Gasteiger charge is 2.27. The van der Waals surface area contributed by atoms with Gasteiger partial charge in [0, 0.05) is 40.2 Å². The highest BCUT2D eigenvalue weighted by atomic mass is 35.5. The number of nitrogens with zero attached hydrogens (tertiary/aromatic N) is 5. The normalized spacial score (nSPS) is 14.6. The molecule has 0 aliphatic carbocycles. The van der Waals surface area contributed by atoms with Gasteiger partial charge < -0.3 is 9.88 Å². The predicted molar refractivity (Wildman–Crippen MR) is 131 cm³/mol. The molecule has 0 unspecified atom stereocenters. The molecule has 1 amide bonds. The summed E-state index contributed by atoms with van der Waals surface area (Å²) in [6, 6.07) is 12.9. The highest BCUT2D eigenvalue weighted by Crippen LogP contribution is 2.28. The fourth-order valence-electron chi connectivity index (χ4n) is 4.36. The lowest BCUT2D eigenvalue weighted by atomic mass is 9.95. The number of aromatic nitrogens is 5. The van der Waals surface area contributed by atoms with Gasteiger partial charge in [-0.1, -0.05) is 52.7 Å². The highest BCUT2D eigenvalue weighted by molar-refractivity contribution is 6.36. The molecule has 8 nitrogen and oxygen atoms in total. The van der Waals surface area contributed by atoms with Crippen molar-refractivity contribution in [1.82, 2.24) is 29.9 Å². The molecule has 174 valence electrons. The van der Waals surface area contributed by atoms with Crippen molar-refractivity contribution in [1.29, 1.82) is 0 Å². The summed E-state index contributed by atoms with van der Waals surface area (Å²) < 4.78 is 1.54. The van der Waals surface area contributed by atoms with Crippen molar-refractivity contribution in [3.05, 3.63) is 85.4 Å². The fourth-order valence-corrected chi connectivity index (χ4v) is 4.87. The summed E-state index contributed by atoms with van der Waals surface area (Å²) in [5.41, 5.74) is 2.58. The number of fused-ring (bicyclic) bond motifs is 1. The van der Waals surface area contributed by atoms with Crippen LogP contribution in [0.4, 0.5) is 0 Å². The molecule has 0 radical (unpaired) electrons. The molecule has 1 saturated heterocycles. The quantitative estimate of drug-likeness (QED) is 0.456. The molecule has 1 aliphatic rings. The van der Waals surface area contributed by atoms with E-state index in [9.17, 15) is 9.59 Å². The third kappa shape index (κ3) is 4.19. The van der Waals surface area contributed by atoms with Crippen LogP contribution in [0.5, 0.6) is 0 Å². The maximum atomic E-state index is 12.9. The Morgan fingerprint density at radius 3 is 2.50 bits per heavy atom. The number of rotatable bonds is 4. The number of hydrogen-bond donors (Lipinski definition) is 1. The van der Waals surface area contributed by atoms with Gasteiger partial charge in [-0.15, -0.1) is 5.10 Å². The Labute approximate surface area is 205 Å². The molecule has 2 aromatic heterocycles. The van der Waals surface area contributed by atoms with E-state index in [1.165, 1.54) is 4.68 Å². The molecule has 5 rings (SSSR count). The lowest BCUT2D eigenvalue weighted by Crippen LogP contribution is -2.38. The van der Waals surface area contributed by atoms with Crippen molar-refractivity contribution in [2.75, 3.05) is 13.1 Å². The van der Waals surface area contributed by atoms with Gasteiger partial charge >= 0.3 is 0 Å². The number of carbonyl (C=O) groups excluding carboxylic acids is 1. The molecule has 0 saturated carbocycles. The Hall–Kier alpha value is -3.23. The van der Waals surface area contributed by atoms with E-state index >= 15 is 0 Å². The first-order valence-electron chi connectivity index (χ1n) is 11.0. The van der Waals surface area contributed by atoms with Gasteiger partial charge in [-0.2, -0.15) is 0 Å². The summed E-state index contributed by atoms with van der Waals surface area (Å²) in [6.07, 6.45) is 1.40.